The Hall–Kier alpha value is -0.730. The van der Waals surface area contributed by atoms with Crippen LogP contribution in [0, 0.1) is 11.3 Å². The number of anilines is 1. The topological polar surface area (TPSA) is 15.3 Å². The number of hydrogen-bond acceptors (Lipinski definition) is 2. The van der Waals surface area contributed by atoms with E-state index in [-0.39, 0.29) is 0 Å². The number of rotatable bonds is 4. The van der Waals surface area contributed by atoms with E-state index in [4.69, 9.17) is 11.6 Å². The Bertz CT molecular complexity index is 502. The number of nitrogens with zero attached hydrogens (tertiary/aromatic N) is 1. The summed E-state index contributed by atoms with van der Waals surface area (Å²) in [5.74, 6) is 0.771. The van der Waals surface area contributed by atoms with Gasteiger partial charge in [-0.05, 0) is 48.3 Å². The molecule has 0 bridgehead atoms. The average Bonchev–Trinajstić information content (AvgIpc) is 3.09. The Balaban J connectivity index is 1.64. The van der Waals surface area contributed by atoms with Gasteiger partial charge in [-0.1, -0.05) is 38.4 Å². The van der Waals surface area contributed by atoms with Gasteiger partial charge in [-0.2, -0.15) is 0 Å². The van der Waals surface area contributed by atoms with E-state index in [1.807, 2.05) is 0 Å². The van der Waals surface area contributed by atoms with Crippen molar-refractivity contribution in [3.8, 4) is 0 Å². The standard InChI is InChI=1S/C18H27ClN2/c1-18(2,3)14-8-9-21(12-14)16-7-4-13(17(19)10-16)11-20-15-5-6-15/h4,7,10,14-15,20H,5-6,8-9,11-12H2,1-3H3. The smallest absolute Gasteiger partial charge is 0.0471 e. The van der Waals surface area contributed by atoms with Crippen LogP contribution in [-0.4, -0.2) is 19.1 Å². The third-order valence-electron chi connectivity index (χ3n) is 4.97. The van der Waals surface area contributed by atoms with E-state index in [0.717, 1.165) is 36.6 Å². The summed E-state index contributed by atoms with van der Waals surface area (Å²) in [6.07, 6.45) is 3.92. The molecule has 1 unspecified atom stereocenters. The third kappa shape index (κ3) is 3.73. The summed E-state index contributed by atoms with van der Waals surface area (Å²) in [4.78, 5) is 2.49. The van der Waals surface area contributed by atoms with E-state index in [1.165, 1.54) is 30.5 Å². The van der Waals surface area contributed by atoms with Crippen molar-refractivity contribution in [2.24, 2.45) is 11.3 Å². The van der Waals surface area contributed by atoms with Crippen LogP contribution in [-0.2, 0) is 6.54 Å². The fraction of sp³-hybridized carbons (Fsp3) is 0.667. The van der Waals surface area contributed by atoms with Crippen LogP contribution in [0.1, 0.15) is 45.6 Å². The Morgan fingerprint density at radius 1 is 1.24 bits per heavy atom. The molecule has 2 fully saturated rings. The molecule has 1 aromatic rings. The second-order valence-corrected chi connectivity index (χ2v) is 8.14. The van der Waals surface area contributed by atoms with Gasteiger partial charge in [-0.3, -0.25) is 0 Å². The van der Waals surface area contributed by atoms with Crippen molar-refractivity contribution in [2.75, 3.05) is 18.0 Å². The molecule has 116 valence electrons. The highest BCUT2D eigenvalue weighted by Gasteiger charge is 2.32. The van der Waals surface area contributed by atoms with Crippen LogP contribution in [0.3, 0.4) is 0 Å². The first kappa shape index (κ1) is 15.2. The van der Waals surface area contributed by atoms with Crippen molar-refractivity contribution in [3.63, 3.8) is 0 Å². The van der Waals surface area contributed by atoms with Crippen molar-refractivity contribution in [2.45, 2.75) is 52.6 Å². The summed E-state index contributed by atoms with van der Waals surface area (Å²) in [6.45, 7) is 10.2. The quantitative estimate of drug-likeness (QED) is 0.883. The zero-order valence-electron chi connectivity index (χ0n) is 13.5. The molecule has 1 saturated carbocycles. The number of benzene rings is 1. The van der Waals surface area contributed by atoms with Crippen molar-refractivity contribution < 1.29 is 0 Å². The van der Waals surface area contributed by atoms with Gasteiger partial charge in [0.05, 0.1) is 0 Å². The molecule has 0 spiro atoms. The summed E-state index contributed by atoms with van der Waals surface area (Å²) < 4.78 is 0. The Morgan fingerprint density at radius 3 is 2.57 bits per heavy atom. The minimum Gasteiger partial charge on any atom is -0.371 e. The number of halogens is 1. The predicted molar refractivity (Wildman–Crippen MR) is 91.1 cm³/mol. The largest absolute Gasteiger partial charge is 0.371 e. The summed E-state index contributed by atoms with van der Waals surface area (Å²) in [7, 11) is 0. The highest BCUT2D eigenvalue weighted by atomic mass is 35.5. The molecule has 0 aromatic heterocycles. The highest BCUT2D eigenvalue weighted by Crippen LogP contribution is 2.36. The molecule has 0 amide bonds. The fourth-order valence-corrected chi connectivity index (χ4v) is 3.36. The van der Waals surface area contributed by atoms with Gasteiger partial charge in [-0.25, -0.2) is 0 Å². The second-order valence-electron chi connectivity index (χ2n) is 7.73. The Morgan fingerprint density at radius 2 is 2.00 bits per heavy atom. The fourth-order valence-electron chi connectivity index (χ4n) is 3.12. The molecule has 2 aliphatic rings. The van der Waals surface area contributed by atoms with Gasteiger partial charge in [0.2, 0.25) is 0 Å². The van der Waals surface area contributed by atoms with Crippen LogP contribution >= 0.6 is 11.6 Å². The lowest BCUT2D eigenvalue weighted by Gasteiger charge is -2.27. The molecule has 2 nitrogen and oxygen atoms in total. The van der Waals surface area contributed by atoms with E-state index < -0.39 is 0 Å². The van der Waals surface area contributed by atoms with E-state index >= 15 is 0 Å². The van der Waals surface area contributed by atoms with Crippen molar-refractivity contribution in [3.05, 3.63) is 28.8 Å². The lowest BCUT2D eigenvalue weighted by atomic mass is 9.80. The predicted octanol–water partition coefficient (Wildman–Crippen LogP) is 4.46. The van der Waals surface area contributed by atoms with Crippen LogP contribution in [0.5, 0.6) is 0 Å². The van der Waals surface area contributed by atoms with E-state index in [0.29, 0.717) is 5.41 Å². The molecular formula is C18H27ClN2. The first-order chi connectivity index (χ1) is 9.93. The molecule has 1 atom stereocenters. The SMILES string of the molecule is CC(C)(C)C1CCN(c2ccc(CNC3CC3)c(Cl)c2)C1. The second kappa shape index (κ2) is 5.81. The van der Waals surface area contributed by atoms with Crippen molar-refractivity contribution in [1.29, 1.82) is 0 Å². The minimum atomic E-state index is 0.396. The molecule has 0 radical (unpaired) electrons. The molecule has 1 N–H and O–H groups in total. The average molecular weight is 307 g/mol. The lowest BCUT2D eigenvalue weighted by molar-refractivity contribution is 0.263. The van der Waals surface area contributed by atoms with E-state index in [2.05, 4.69) is 49.2 Å². The summed E-state index contributed by atoms with van der Waals surface area (Å²) in [6, 6.07) is 7.31. The van der Waals surface area contributed by atoms with Gasteiger partial charge in [-0.15, -0.1) is 0 Å². The maximum absolute atomic E-state index is 6.47. The molecular weight excluding hydrogens is 280 g/mol. The lowest BCUT2D eigenvalue weighted by Crippen LogP contribution is -2.25. The minimum absolute atomic E-state index is 0.396. The maximum Gasteiger partial charge on any atom is 0.0471 e. The maximum atomic E-state index is 6.47. The first-order valence-electron chi connectivity index (χ1n) is 8.20. The Labute approximate surface area is 133 Å². The summed E-state index contributed by atoms with van der Waals surface area (Å²) >= 11 is 6.47. The molecule has 1 heterocycles. The van der Waals surface area contributed by atoms with Crippen LogP contribution in [0.4, 0.5) is 5.69 Å². The van der Waals surface area contributed by atoms with Gasteiger partial charge >= 0.3 is 0 Å². The molecule has 3 rings (SSSR count). The zero-order chi connectivity index (χ0) is 15.0. The van der Waals surface area contributed by atoms with E-state index in [1.54, 1.807) is 0 Å². The summed E-state index contributed by atoms with van der Waals surface area (Å²) in [5, 5.41) is 4.43. The van der Waals surface area contributed by atoms with Crippen LogP contribution in [0.15, 0.2) is 18.2 Å². The highest BCUT2D eigenvalue weighted by molar-refractivity contribution is 6.31. The number of nitrogens with one attached hydrogen (secondary N) is 1. The van der Waals surface area contributed by atoms with Gasteiger partial charge in [0, 0.05) is 36.4 Å². The van der Waals surface area contributed by atoms with Gasteiger partial charge in [0.1, 0.15) is 0 Å². The molecule has 1 aliphatic carbocycles. The molecule has 1 aromatic carbocycles. The zero-order valence-corrected chi connectivity index (χ0v) is 14.2. The monoisotopic (exact) mass is 306 g/mol. The molecule has 3 heteroatoms. The number of hydrogen-bond donors (Lipinski definition) is 1. The van der Waals surface area contributed by atoms with Crippen LogP contribution in [0.25, 0.3) is 0 Å². The third-order valence-corrected chi connectivity index (χ3v) is 5.33. The molecule has 1 saturated heterocycles. The van der Waals surface area contributed by atoms with E-state index in [9.17, 15) is 0 Å². The van der Waals surface area contributed by atoms with Crippen molar-refractivity contribution >= 4 is 17.3 Å². The first-order valence-corrected chi connectivity index (χ1v) is 8.58. The summed E-state index contributed by atoms with van der Waals surface area (Å²) in [5.41, 5.74) is 2.90. The van der Waals surface area contributed by atoms with Crippen molar-refractivity contribution in [1.82, 2.24) is 5.32 Å². The van der Waals surface area contributed by atoms with Crippen LogP contribution in [0.2, 0.25) is 5.02 Å². The van der Waals surface area contributed by atoms with Crippen LogP contribution < -0.4 is 10.2 Å². The Kier molecular flexibility index (Phi) is 4.20. The normalized spacial score (nSPS) is 22.9. The van der Waals surface area contributed by atoms with Gasteiger partial charge < -0.3 is 10.2 Å². The van der Waals surface area contributed by atoms with Gasteiger partial charge in [0.15, 0.2) is 0 Å². The molecule has 21 heavy (non-hydrogen) atoms. The van der Waals surface area contributed by atoms with Gasteiger partial charge in [0.25, 0.3) is 0 Å². The molecule has 1 aliphatic heterocycles.